The van der Waals surface area contributed by atoms with Gasteiger partial charge < -0.3 is 4.74 Å². The van der Waals surface area contributed by atoms with Crippen LogP contribution in [-0.2, 0) is 11.3 Å². The Labute approximate surface area is 183 Å². The van der Waals surface area contributed by atoms with Crippen LogP contribution < -0.4 is 0 Å². The van der Waals surface area contributed by atoms with E-state index in [1.807, 2.05) is 12.1 Å². The highest BCUT2D eigenvalue weighted by molar-refractivity contribution is 6.42. The number of ether oxygens (including phenoxy) is 1. The fourth-order valence-electron chi connectivity index (χ4n) is 4.24. The van der Waals surface area contributed by atoms with Gasteiger partial charge in [0, 0.05) is 58.4 Å². The third-order valence-electron chi connectivity index (χ3n) is 5.97. The molecule has 156 valence electrons. The number of morpholine rings is 1. The molecule has 0 spiro atoms. The Hall–Kier alpha value is -1.14. The summed E-state index contributed by atoms with van der Waals surface area (Å²) in [6, 6.07) is 17.2. The fraction of sp³-hybridized carbons (Fsp3) is 0.478. The minimum absolute atomic E-state index is 0.379. The van der Waals surface area contributed by atoms with Crippen molar-refractivity contribution in [1.29, 1.82) is 0 Å². The van der Waals surface area contributed by atoms with Crippen LogP contribution in [0.1, 0.15) is 17.2 Å². The molecule has 2 aromatic carbocycles. The van der Waals surface area contributed by atoms with Crippen molar-refractivity contribution in [3.63, 3.8) is 0 Å². The maximum atomic E-state index is 6.25. The first-order valence-corrected chi connectivity index (χ1v) is 11.2. The Balaban J connectivity index is 1.43. The lowest BCUT2D eigenvalue weighted by Crippen LogP contribution is -2.50. The highest BCUT2D eigenvalue weighted by Gasteiger charge is 2.28. The Morgan fingerprint density at radius 2 is 1.59 bits per heavy atom. The Morgan fingerprint density at radius 1 is 0.828 bits per heavy atom. The van der Waals surface area contributed by atoms with Crippen molar-refractivity contribution in [3.8, 4) is 0 Å². The normalized spacial score (nSPS) is 22.1. The van der Waals surface area contributed by atoms with E-state index in [4.69, 9.17) is 27.9 Å². The van der Waals surface area contributed by atoms with Crippen LogP contribution in [0.4, 0.5) is 0 Å². The lowest BCUT2D eigenvalue weighted by Gasteiger charge is -2.42. The van der Waals surface area contributed by atoms with Gasteiger partial charge in [-0.05, 0) is 23.3 Å². The average Bonchev–Trinajstić information content (AvgIpc) is 2.77. The number of hydrogen-bond acceptors (Lipinski definition) is 4. The summed E-state index contributed by atoms with van der Waals surface area (Å²) in [5.41, 5.74) is 2.59. The number of rotatable bonds is 6. The third kappa shape index (κ3) is 5.72. The summed E-state index contributed by atoms with van der Waals surface area (Å²) in [7, 11) is 0. The van der Waals surface area contributed by atoms with Crippen molar-refractivity contribution >= 4 is 23.2 Å². The van der Waals surface area contributed by atoms with Gasteiger partial charge in [0.15, 0.2) is 0 Å². The maximum Gasteiger partial charge on any atom is 0.0595 e. The van der Waals surface area contributed by atoms with Crippen LogP contribution in [0, 0.1) is 0 Å². The second-order valence-electron chi connectivity index (χ2n) is 7.90. The van der Waals surface area contributed by atoms with Crippen LogP contribution in [0.3, 0.4) is 0 Å². The van der Waals surface area contributed by atoms with Gasteiger partial charge in [0.25, 0.3) is 0 Å². The summed E-state index contributed by atoms with van der Waals surface area (Å²) in [6.07, 6.45) is 0. The van der Waals surface area contributed by atoms with Crippen molar-refractivity contribution in [1.82, 2.24) is 14.7 Å². The van der Waals surface area contributed by atoms with Gasteiger partial charge in [-0.1, -0.05) is 59.6 Å². The average molecular weight is 434 g/mol. The predicted molar refractivity (Wildman–Crippen MR) is 120 cm³/mol. The molecule has 0 aliphatic carbocycles. The van der Waals surface area contributed by atoms with E-state index in [1.165, 1.54) is 11.1 Å². The lowest BCUT2D eigenvalue weighted by molar-refractivity contribution is 0.0227. The summed E-state index contributed by atoms with van der Waals surface area (Å²) in [6.45, 7) is 10.1. The molecule has 2 fully saturated rings. The minimum atomic E-state index is 0.379. The summed E-state index contributed by atoms with van der Waals surface area (Å²) in [4.78, 5) is 7.70. The molecule has 29 heavy (non-hydrogen) atoms. The zero-order chi connectivity index (χ0) is 20.1. The van der Waals surface area contributed by atoms with Gasteiger partial charge in [0.1, 0.15) is 0 Å². The highest BCUT2D eigenvalue weighted by atomic mass is 35.5. The van der Waals surface area contributed by atoms with Crippen LogP contribution >= 0.6 is 23.2 Å². The molecule has 2 aliphatic heterocycles. The van der Waals surface area contributed by atoms with Crippen LogP contribution in [0.5, 0.6) is 0 Å². The number of hydrogen-bond donors (Lipinski definition) is 0. The SMILES string of the molecule is Clc1ccc(CN2CCN(CCN3CCOCC3)CC2c2ccccc2)cc1Cl. The minimum Gasteiger partial charge on any atom is -0.379 e. The van der Waals surface area contributed by atoms with Gasteiger partial charge in [-0.3, -0.25) is 14.7 Å². The molecule has 1 atom stereocenters. The molecular formula is C23H29Cl2N3O. The van der Waals surface area contributed by atoms with Crippen LogP contribution in [0.25, 0.3) is 0 Å². The van der Waals surface area contributed by atoms with Gasteiger partial charge in [-0.2, -0.15) is 0 Å². The molecule has 1 unspecified atom stereocenters. The smallest absolute Gasteiger partial charge is 0.0595 e. The Kier molecular flexibility index (Phi) is 7.46. The molecule has 2 saturated heterocycles. The van der Waals surface area contributed by atoms with Crippen LogP contribution in [0.15, 0.2) is 48.5 Å². The molecule has 4 nitrogen and oxygen atoms in total. The second-order valence-corrected chi connectivity index (χ2v) is 8.71. The molecule has 0 saturated carbocycles. The topological polar surface area (TPSA) is 19.0 Å². The first kappa shape index (κ1) is 21.1. The summed E-state index contributed by atoms with van der Waals surface area (Å²) in [5.74, 6) is 0. The molecule has 0 radical (unpaired) electrons. The quantitative estimate of drug-likeness (QED) is 0.679. The summed E-state index contributed by atoms with van der Waals surface area (Å²) in [5, 5.41) is 1.24. The lowest BCUT2D eigenvalue weighted by atomic mass is 10.0. The largest absolute Gasteiger partial charge is 0.379 e. The number of halogens is 2. The summed E-state index contributed by atoms with van der Waals surface area (Å²) >= 11 is 12.4. The monoisotopic (exact) mass is 433 g/mol. The molecule has 2 aliphatic rings. The van der Waals surface area contributed by atoms with E-state index in [-0.39, 0.29) is 0 Å². The maximum absolute atomic E-state index is 6.25. The Morgan fingerprint density at radius 3 is 2.34 bits per heavy atom. The van der Waals surface area contributed by atoms with Crippen molar-refractivity contribution < 1.29 is 4.74 Å². The van der Waals surface area contributed by atoms with Gasteiger partial charge >= 0.3 is 0 Å². The van der Waals surface area contributed by atoms with E-state index in [0.717, 1.165) is 65.6 Å². The van der Waals surface area contributed by atoms with E-state index in [1.54, 1.807) is 0 Å². The van der Waals surface area contributed by atoms with Crippen molar-refractivity contribution in [2.75, 3.05) is 59.0 Å². The molecule has 4 rings (SSSR count). The van der Waals surface area contributed by atoms with Gasteiger partial charge in [0.05, 0.1) is 23.3 Å². The standard InChI is InChI=1S/C23H29Cl2N3O/c24-21-7-6-19(16-22(21)25)17-28-11-10-27(9-8-26-12-14-29-15-13-26)18-23(28)20-4-2-1-3-5-20/h1-7,16,23H,8-15,17-18H2. The molecule has 2 heterocycles. The van der Waals surface area contributed by atoms with Crippen molar-refractivity contribution in [3.05, 3.63) is 69.7 Å². The summed E-state index contributed by atoms with van der Waals surface area (Å²) < 4.78 is 5.47. The molecule has 0 aromatic heterocycles. The molecular weight excluding hydrogens is 405 g/mol. The first-order chi connectivity index (χ1) is 14.2. The number of benzene rings is 2. The predicted octanol–water partition coefficient (Wildman–Crippen LogP) is 4.18. The number of piperazine rings is 1. The third-order valence-corrected chi connectivity index (χ3v) is 6.70. The van der Waals surface area contributed by atoms with Crippen LogP contribution in [0.2, 0.25) is 10.0 Å². The molecule has 0 amide bonds. The molecule has 0 bridgehead atoms. The van der Waals surface area contributed by atoms with Crippen molar-refractivity contribution in [2.45, 2.75) is 12.6 Å². The second kappa shape index (κ2) is 10.3. The van der Waals surface area contributed by atoms with Gasteiger partial charge in [-0.25, -0.2) is 0 Å². The highest BCUT2D eigenvalue weighted by Crippen LogP contribution is 2.29. The Bertz CT molecular complexity index is 783. The van der Waals surface area contributed by atoms with Crippen LogP contribution in [-0.4, -0.2) is 73.7 Å². The molecule has 0 N–H and O–H groups in total. The van der Waals surface area contributed by atoms with E-state index in [9.17, 15) is 0 Å². The van der Waals surface area contributed by atoms with E-state index in [0.29, 0.717) is 16.1 Å². The molecule has 2 aromatic rings. The van der Waals surface area contributed by atoms with Gasteiger partial charge in [0.2, 0.25) is 0 Å². The van der Waals surface area contributed by atoms with E-state index >= 15 is 0 Å². The molecule has 6 heteroatoms. The zero-order valence-corrected chi connectivity index (χ0v) is 18.3. The van der Waals surface area contributed by atoms with E-state index < -0.39 is 0 Å². The van der Waals surface area contributed by atoms with E-state index in [2.05, 4.69) is 51.1 Å². The fourth-order valence-corrected chi connectivity index (χ4v) is 4.56. The zero-order valence-electron chi connectivity index (χ0n) is 16.8. The number of nitrogens with zero attached hydrogens (tertiary/aromatic N) is 3. The van der Waals surface area contributed by atoms with Gasteiger partial charge in [-0.15, -0.1) is 0 Å². The van der Waals surface area contributed by atoms with Crippen molar-refractivity contribution in [2.24, 2.45) is 0 Å². The first-order valence-electron chi connectivity index (χ1n) is 10.4.